The Kier molecular flexibility index (Phi) is 61.1. The van der Waals surface area contributed by atoms with Crippen molar-refractivity contribution in [1.29, 1.82) is 0 Å². The van der Waals surface area contributed by atoms with Gasteiger partial charge in [-0.05, 0) is 57.8 Å². The van der Waals surface area contributed by atoms with Crippen molar-refractivity contribution in [2.75, 3.05) is 13.2 Å². The van der Waals surface area contributed by atoms with Crippen LogP contribution in [0.3, 0.4) is 0 Å². The second-order valence-electron chi connectivity index (χ2n) is 22.4. The summed E-state index contributed by atoms with van der Waals surface area (Å²) in [6, 6.07) is 0. The van der Waals surface area contributed by atoms with Gasteiger partial charge in [-0.2, -0.15) is 0 Å². The molecule has 0 saturated heterocycles. The van der Waals surface area contributed by atoms with Crippen LogP contribution in [-0.4, -0.2) is 37.2 Å². The zero-order chi connectivity index (χ0) is 53.6. The normalized spacial score (nSPS) is 12.2. The van der Waals surface area contributed by atoms with Crippen molar-refractivity contribution in [2.45, 2.75) is 367 Å². The Bertz CT molecular complexity index is 1240. The Hall–Kier alpha value is -2.37. The van der Waals surface area contributed by atoms with Crippen LogP contribution in [0.5, 0.6) is 0 Å². The summed E-state index contributed by atoms with van der Waals surface area (Å²) in [5, 5.41) is 0. The maximum Gasteiger partial charge on any atom is 0.306 e. The molecule has 0 aliphatic heterocycles. The SMILES string of the molecule is CCCCC/C=C\C/C=C\C/C=C\CCCCCCCCC(=O)OC(COC(=O)CCCCCCCCCCCCCCC)COC(=O)CCCCCCCCCCCCCCCCCCCCCCCCCC. The molecule has 0 amide bonds. The highest BCUT2D eigenvalue weighted by Gasteiger charge is 2.19. The number of hydrogen-bond donors (Lipinski definition) is 0. The van der Waals surface area contributed by atoms with Gasteiger partial charge in [-0.15, -0.1) is 0 Å². The van der Waals surface area contributed by atoms with E-state index >= 15 is 0 Å². The molecule has 434 valence electrons. The summed E-state index contributed by atoms with van der Waals surface area (Å²) in [7, 11) is 0. The third-order valence-corrected chi connectivity index (χ3v) is 14.9. The molecule has 1 unspecified atom stereocenters. The van der Waals surface area contributed by atoms with Crippen LogP contribution < -0.4 is 0 Å². The standard InChI is InChI=1S/C68H126O6/c1-4-7-10-13-16-19-22-25-27-29-31-32-33-34-35-37-38-40-43-46-49-52-55-58-61-67(70)73-64-65(63-72-66(69)60-57-54-51-48-45-42-24-21-18-15-12-9-6-3)74-68(71)62-59-56-53-50-47-44-41-39-36-30-28-26-23-20-17-14-11-8-5-2/h17,20,26,28,36,39,65H,4-16,18-19,21-25,27,29-35,37-38,40-64H2,1-3H3/b20-17-,28-26-,39-36-. The largest absolute Gasteiger partial charge is 0.462 e. The molecular weight excluding hydrogens is 913 g/mol. The van der Waals surface area contributed by atoms with Gasteiger partial charge in [0.1, 0.15) is 13.2 Å². The van der Waals surface area contributed by atoms with Crippen LogP contribution in [0.15, 0.2) is 36.5 Å². The first-order valence-corrected chi connectivity index (χ1v) is 33.0. The maximum absolute atomic E-state index is 12.9. The van der Waals surface area contributed by atoms with Crippen LogP contribution in [0, 0.1) is 0 Å². The molecule has 1 atom stereocenters. The van der Waals surface area contributed by atoms with Gasteiger partial charge in [0.05, 0.1) is 0 Å². The smallest absolute Gasteiger partial charge is 0.306 e. The van der Waals surface area contributed by atoms with Gasteiger partial charge in [-0.3, -0.25) is 14.4 Å². The fourth-order valence-corrected chi connectivity index (χ4v) is 9.92. The number of hydrogen-bond acceptors (Lipinski definition) is 6. The van der Waals surface area contributed by atoms with Crippen molar-refractivity contribution in [3.8, 4) is 0 Å². The van der Waals surface area contributed by atoms with Crippen LogP contribution in [0.2, 0.25) is 0 Å². The zero-order valence-electron chi connectivity index (χ0n) is 49.9. The van der Waals surface area contributed by atoms with Crippen molar-refractivity contribution < 1.29 is 28.6 Å². The lowest BCUT2D eigenvalue weighted by molar-refractivity contribution is -0.167. The molecule has 6 nitrogen and oxygen atoms in total. The number of rotatable bonds is 61. The molecule has 0 radical (unpaired) electrons. The molecule has 0 heterocycles. The van der Waals surface area contributed by atoms with Crippen LogP contribution >= 0.6 is 0 Å². The van der Waals surface area contributed by atoms with Gasteiger partial charge in [0.15, 0.2) is 6.10 Å². The Balaban J connectivity index is 4.26. The van der Waals surface area contributed by atoms with Crippen LogP contribution in [0.25, 0.3) is 0 Å². The molecule has 0 aromatic carbocycles. The maximum atomic E-state index is 12.9. The van der Waals surface area contributed by atoms with Gasteiger partial charge in [-0.25, -0.2) is 0 Å². The summed E-state index contributed by atoms with van der Waals surface area (Å²) >= 11 is 0. The van der Waals surface area contributed by atoms with E-state index in [9.17, 15) is 14.4 Å². The molecular formula is C68H126O6. The zero-order valence-corrected chi connectivity index (χ0v) is 49.9. The van der Waals surface area contributed by atoms with Crippen molar-refractivity contribution >= 4 is 17.9 Å². The Morgan fingerprint density at radius 3 is 0.784 bits per heavy atom. The van der Waals surface area contributed by atoms with Gasteiger partial charge in [0.25, 0.3) is 0 Å². The van der Waals surface area contributed by atoms with E-state index in [1.807, 2.05) is 0 Å². The number of ether oxygens (including phenoxy) is 3. The van der Waals surface area contributed by atoms with E-state index in [1.54, 1.807) is 0 Å². The minimum atomic E-state index is -0.776. The van der Waals surface area contributed by atoms with E-state index in [1.165, 1.54) is 244 Å². The summed E-state index contributed by atoms with van der Waals surface area (Å²) in [6.07, 6.45) is 77.3. The number of carbonyl (C=O) groups excluding carboxylic acids is 3. The number of allylic oxidation sites excluding steroid dienone is 6. The third kappa shape index (κ3) is 60.5. The Morgan fingerprint density at radius 2 is 0.486 bits per heavy atom. The Labute approximate surface area is 461 Å². The van der Waals surface area contributed by atoms with Gasteiger partial charge in [0, 0.05) is 19.3 Å². The lowest BCUT2D eigenvalue weighted by atomic mass is 10.0. The minimum absolute atomic E-state index is 0.0722. The molecule has 0 bridgehead atoms. The average molecular weight is 1040 g/mol. The summed E-state index contributed by atoms with van der Waals surface area (Å²) in [5.74, 6) is -0.859. The predicted octanol–water partition coefficient (Wildman–Crippen LogP) is 22.4. The Morgan fingerprint density at radius 1 is 0.270 bits per heavy atom. The van der Waals surface area contributed by atoms with E-state index in [-0.39, 0.29) is 31.1 Å². The van der Waals surface area contributed by atoms with E-state index in [0.29, 0.717) is 19.3 Å². The van der Waals surface area contributed by atoms with Gasteiger partial charge in [0.2, 0.25) is 0 Å². The molecule has 0 saturated carbocycles. The van der Waals surface area contributed by atoms with Crippen molar-refractivity contribution in [3.05, 3.63) is 36.5 Å². The van der Waals surface area contributed by atoms with Crippen molar-refractivity contribution in [1.82, 2.24) is 0 Å². The topological polar surface area (TPSA) is 78.9 Å². The quantitative estimate of drug-likeness (QED) is 0.0261. The fraction of sp³-hybridized carbons (Fsp3) is 0.868. The highest BCUT2D eigenvalue weighted by molar-refractivity contribution is 5.71. The van der Waals surface area contributed by atoms with Crippen molar-refractivity contribution in [3.63, 3.8) is 0 Å². The summed E-state index contributed by atoms with van der Waals surface area (Å²) < 4.78 is 16.9. The molecule has 0 N–H and O–H groups in total. The molecule has 0 rings (SSSR count). The second kappa shape index (κ2) is 63.2. The van der Waals surface area contributed by atoms with Crippen LogP contribution in [0.1, 0.15) is 361 Å². The summed E-state index contributed by atoms with van der Waals surface area (Å²) in [5.41, 5.74) is 0. The van der Waals surface area contributed by atoms with Crippen LogP contribution in [0.4, 0.5) is 0 Å². The molecule has 74 heavy (non-hydrogen) atoms. The average Bonchev–Trinajstić information content (AvgIpc) is 3.40. The van der Waals surface area contributed by atoms with Gasteiger partial charge >= 0.3 is 17.9 Å². The predicted molar refractivity (Wildman–Crippen MR) is 321 cm³/mol. The van der Waals surface area contributed by atoms with Gasteiger partial charge < -0.3 is 14.2 Å². The van der Waals surface area contributed by atoms with Crippen LogP contribution in [-0.2, 0) is 28.6 Å². The van der Waals surface area contributed by atoms with Gasteiger partial charge in [-0.1, -0.05) is 320 Å². The number of esters is 3. The van der Waals surface area contributed by atoms with E-state index in [4.69, 9.17) is 14.2 Å². The number of carbonyl (C=O) groups is 3. The first kappa shape index (κ1) is 71.6. The monoisotopic (exact) mass is 1040 g/mol. The number of unbranched alkanes of at least 4 members (excludes halogenated alkanes) is 44. The summed E-state index contributed by atoms with van der Waals surface area (Å²) in [4.78, 5) is 38.3. The molecule has 0 aromatic heterocycles. The second-order valence-corrected chi connectivity index (χ2v) is 22.4. The lowest BCUT2D eigenvalue weighted by Crippen LogP contribution is -2.30. The minimum Gasteiger partial charge on any atom is -0.462 e. The molecule has 6 heteroatoms. The first-order chi connectivity index (χ1) is 36.5. The fourth-order valence-electron chi connectivity index (χ4n) is 9.92. The third-order valence-electron chi connectivity index (χ3n) is 14.9. The molecule has 0 aliphatic rings. The molecule has 0 aliphatic carbocycles. The molecule has 0 spiro atoms. The highest BCUT2D eigenvalue weighted by Crippen LogP contribution is 2.18. The molecule has 0 fully saturated rings. The summed E-state index contributed by atoms with van der Waals surface area (Å²) in [6.45, 7) is 6.67. The molecule has 0 aromatic rings. The highest BCUT2D eigenvalue weighted by atomic mass is 16.6. The van der Waals surface area contributed by atoms with E-state index in [0.717, 1.165) is 77.0 Å². The lowest BCUT2D eigenvalue weighted by Gasteiger charge is -2.18. The van der Waals surface area contributed by atoms with E-state index < -0.39 is 6.10 Å². The van der Waals surface area contributed by atoms with Crippen molar-refractivity contribution in [2.24, 2.45) is 0 Å². The first-order valence-electron chi connectivity index (χ1n) is 33.0. The van der Waals surface area contributed by atoms with E-state index in [2.05, 4.69) is 57.2 Å².